The zero-order chi connectivity index (χ0) is 31.5. The van der Waals surface area contributed by atoms with Gasteiger partial charge in [0, 0.05) is 17.8 Å². The van der Waals surface area contributed by atoms with E-state index in [-0.39, 0.29) is 5.41 Å². The molecule has 1 aliphatic carbocycles. The van der Waals surface area contributed by atoms with E-state index in [9.17, 15) is 10.5 Å². The maximum Gasteiger partial charge on any atom is 0.0998 e. The Morgan fingerprint density at radius 3 is 1.47 bits per heavy atom. The van der Waals surface area contributed by atoms with Crippen LogP contribution in [0.1, 0.15) is 112 Å². The highest BCUT2D eigenvalue weighted by atomic mass is 14.7. The second-order valence-corrected chi connectivity index (χ2v) is 12.1. The molecule has 0 N–H and O–H groups in total. The molecule has 2 aromatic carbocycles. The standard InChI is InChI=1S/C41H42N4/c1-3-5-7-11-21-41(22-12-8-6-4-2)39-27-31(33(29-42)25-35-15-9-13-23-44-35)17-19-37(39)38-20-18-32(28-40(38)41)34(30-43)26-36-16-10-14-24-45-36/h9-10,13-20,23-28H,3-8,11-12,21-22H2,1-2H3/b33-25-,34-26-. The molecule has 0 radical (unpaired) electrons. The Morgan fingerprint density at radius 2 is 1.09 bits per heavy atom. The number of hydrogen-bond donors (Lipinski definition) is 0. The molecule has 5 rings (SSSR count). The summed E-state index contributed by atoms with van der Waals surface area (Å²) in [6, 6.07) is 29.6. The molecule has 4 heteroatoms. The monoisotopic (exact) mass is 590 g/mol. The Bertz CT molecular complexity index is 1610. The molecule has 0 atom stereocenters. The summed E-state index contributed by atoms with van der Waals surface area (Å²) in [6.07, 6.45) is 18.9. The van der Waals surface area contributed by atoms with Gasteiger partial charge < -0.3 is 0 Å². The number of fused-ring (bicyclic) bond motifs is 3. The van der Waals surface area contributed by atoms with Crippen LogP contribution in [0.25, 0.3) is 34.4 Å². The Kier molecular flexibility index (Phi) is 10.7. The van der Waals surface area contributed by atoms with E-state index in [1.54, 1.807) is 12.4 Å². The zero-order valence-corrected chi connectivity index (χ0v) is 26.6. The van der Waals surface area contributed by atoms with Crippen molar-refractivity contribution in [1.82, 2.24) is 9.97 Å². The minimum Gasteiger partial charge on any atom is -0.257 e. The number of aromatic nitrogens is 2. The van der Waals surface area contributed by atoms with Gasteiger partial charge in [0.15, 0.2) is 0 Å². The molecule has 0 amide bonds. The molecule has 0 saturated carbocycles. The van der Waals surface area contributed by atoms with Crippen LogP contribution in [-0.4, -0.2) is 9.97 Å². The van der Waals surface area contributed by atoms with Crippen LogP contribution < -0.4 is 0 Å². The summed E-state index contributed by atoms with van der Waals surface area (Å²) in [6.45, 7) is 4.52. The van der Waals surface area contributed by atoms with Gasteiger partial charge in [-0.3, -0.25) is 9.97 Å². The van der Waals surface area contributed by atoms with Crippen LogP contribution >= 0.6 is 0 Å². The van der Waals surface area contributed by atoms with E-state index in [0.717, 1.165) is 48.2 Å². The fourth-order valence-electron chi connectivity index (χ4n) is 6.78. The van der Waals surface area contributed by atoms with E-state index in [1.807, 2.05) is 48.6 Å². The van der Waals surface area contributed by atoms with Crippen molar-refractivity contribution in [3.05, 3.63) is 119 Å². The van der Waals surface area contributed by atoms with E-state index in [1.165, 1.54) is 60.8 Å². The molecular weight excluding hydrogens is 548 g/mol. The Hall–Kier alpha value is -4.80. The normalized spacial score (nSPS) is 13.5. The van der Waals surface area contributed by atoms with E-state index < -0.39 is 0 Å². The predicted molar refractivity (Wildman–Crippen MR) is 186 cm³/mol. The Balaban J connectivity index is 1.66. The van der Waals surface area contributed by atoms with Gasteiger partial charge in [0.25, 0.3) is 0 Å². The van der Waals surface area contributed by atoms with Crippen LogP contribution in [-0.2, 0) is 5.41 Å². The lowest BCUT2D eigenvalue weighted by Crippen LogP contribution is -2.26. The quantitative estimate of drug-likeness (QED) is 0.108. The average molecular weight is 591 g/mol. The highest BCUT2D eigenvalue weighted by Gasteiger charge is 2.42. The number of rotatable bonds is 14. The van der Waals surface area contributed by atoms with Crippen molar-refractivity contribution in [1.29, 1.82) is 10.5 Å². The zero-order valence-electron chi connectivity index (χ0n) is 26.6. The van der Waals surface area contributed by atoms with Crippen LogP contribution in [0.5, 0.6) is 0 Å². The van der Waals surface area contributed by atoms with Gasteiger partial charge in [-0.2, -0.15) is 10.5 Å². The highest BCUT2D eigenvalue weighted by molar-refractivity contribution is 5.93. The molecule has 1 aliphatic rings. The first-order chi connectivity index (χ1) is 22.1. The number of nitriles is 2. The molecule has 0 bridgehead atoms. The maximum absolute atomic E-state index is 10.3. The van der Waals surface area contributed by atoms with E-state index >= 15 is 0 Å². The molecule has 4 aromatic rings. The lowest BCUT2D eigenvalue weighted by Gasteiger charge is -2.33. The second-order valence-electron chi connectivity index (χ2n) is 12.1. The summed E-state index contributed by atoms with van der Waals surface area (Å²) in [5, 5.41) is 20.5. The number of hydrogen-bond acceptors (Lipinski definition) is 4. The molecule has 45 heavy (non-hydrogen) atoms. The molecule has 4 nitrogen and oxygen atoms in total. The van der Waals surface area contributed by atoms with E-state index in [4.69, 9.17) is 0 Å². The first kappa shape index (κ1) is 31.6. The summed E-state index contributed by atoms with van der Waals surface area (Å²) < 4.78 is 0. The fourth-order valence-corrected chi connectivity index (χ4v) is 6.78. The van der Waals surface area contributed by atoms with Gasteiger partial charge in [0.1, 0.15) is 0 Å². The highest BCUT2D eigenvalue weighted by Crippen LogP contribution is 2.55. The number of benzene rings is 2. The number of nitrogens with zero attached hydrogens (tertiary/aromatic N) is 4. The third-order valence-electron chi connectivity index (χ3n) is 9.10. The lowest BCUT2D eigenvalue weighted by atomic mass is 9.70. The number of pyridine rings is 2. The summed E-state index contributed by atoms with van der Waals surface area (Å²) in [5.41, 5.74) is 9.56. The first-order valence-corrected chi connectivity index (χ1v) is 16.5. The smallest absolute Gasteiger partial charge is 0.0998 e. The first-order valence-electron chi connectivity index (χ1n) is 16.5. The lowest BCUT2D eigenvalue weighted by molar-refractivity contribution is 0.401. The summed E-state index contributed by atoms with van der Waals surface area (Å²) in [4.78, 5) is 8.88. The van der Waals surface area contributed by atoms with Gasteiger partial charge in [-0.05, 0) is 94.8 Å². The van der Waals surface area contributed by atoms with Crippen molar-refractivity contribution in [3.63, 3.8) is 0 Å². The number of allylic oxidation sites excluding steroid dienone is 2. The third kappa shape index (κ3) is 7.13. The van der Waals surface area contributed by atoms with Crippen molar-refractivity contribution in [2.45, 2.75) is 83.5 Å². The van der Waals surface area contributed by atoms with Gasteiger partial charge in [0.05, 0.1) is 34.7 Å². The molecule has 0 unspecified atom stereocenters. The summed E-state index contributed by atoms with van der Waals surface area (Å²) >= 11 is 0. The molecule has 2 heterocycles. The number of unbranched alkanes of at least 4 members (excludes halogenated alkanes) is 6. The average Bonchev–Trinajstić information content (AvgIpc) is 3.35. The summed E-state index contributed by atoms with van der Waals surface area (Å²) in [7, 11) is 0. The largest absolute Gasteiger partial charge is 0.257 e. The minimum atomic E-state index is -0.185. The molecule has 226 valence electrons. The van der Waals surface area contributed by atoms with Gasteiger partial charge in [-0.25, -0.2) is 0 Å². The van der Waals surface area contributed by atoms with Crippen molar-refractivity contribution in [2.24, 2.45) is 0 Å². The van der Waals surface area contributed by atoms with Gasteiger partial charge >= 0.3 is 0 Å². The molecule has 0 spiro atoms. The van der Waals surface area contributed by atoms with Gasteiger partial charge in [-0.15, -0.1) is 0 Å². The van der Waals surface area contributed by atoms with Gasteiger partial charge in [0.2, 0.25) is 0 Å². The Morgan fingerprint density at radius 1 is 0.622 bits per heavy atom. The van der Waals surface area contributed by atoms with E-state index in [2.05, 4.69) is 72.4 Å². The van der Waals surface area contributed by atoms with Crippen LogP contribution in [0.15, 0.2) is 85.2 Å². The van der Waals surface area contributed by atoms with Gasteiger partial charge in [-0.1, -0.05) is 102 Å². The summed E-state index contributed by atoms with van der Waals surface area (Å²) in [5.74, 6) is 0. The second kappa shape index (κ2) is 15.3. The maximum atomic E-state index is 10.3. The van der Waals surface area contributed by atoms with Crippen molar-refractivity contribution >= 4 is 23.3 Å². The fraction of sp³-hybridized carbons (Fsp3) is 0.317. The molecule has 0 aliphatic heterocycles. The third-order valence-corrected chi connectivity index (χ3v) is 9.10. The van der Waals surface area contributed by atoms with Crippen LogP contribution in [0, 0.1) is 22.7 Å². The Labute approximate surface area is 268 Å². The van der Waals surface area contributed by atoms with Crippen molar-refractivity contribution < 1.29 is 0 Å². The van der Waals surface area contributed by atoms with Crippen LogP contribution in [0.4, 0.5) is 0 Å². The van der Waals surface area contributed by atoms with Crippen molar-refractivity contribution in [2.75, 3.05) is 0 Å². The molecular formula is C41H42N4. The predicted octanol–water partition coefficient (Wildman–Crippen LogP) is 10.8. The van der Waals surface area contributed by atoms with E-state index in [0.29, 0.717) is 11.1 Å². The molecule has 2 aromatic heterocycles. The topological polar surface area (TPSA) is 73.4 Å². The van der Waals surface area contributed by atoms with Crippen molar-refractivity contribution in [3.8, 4) is 23.3 Å². The molecule has 0 saturated heterocycles. The molecule has 0 fully saturated rings. The minimum absolute atomic E-state index is 0.185. The van der Waals surface area contributed by atoms with Crippen LogP contribution in [0.2, 0.25) is 0 Å². The van der Waals surface area contributed by atoms with Crippen LogP contribution in [0.3, 0.4) is 0 Å². The SMILES string of the molecule is CCCCCCC1(CCCCCC)c2cc(/C(C#N)=C\c3ccccn3)ccc2-c2ccc(/C(C#N)=C\c3ccccn3)cc21.